The van der Waals surface area contributed by atoms with E-state index in [9.17, 15) is 28.8 Å². The highest BCUT2D eigenvalue weighted by atomic mass is 36.0. The number of thiazole rings is 2. The second-order valence-electron chi connectivity index (χ2n) is 19.3. The van der Waals surface area contributed by atoms with Gasteiger partial charge in [-0.2, -0.15) is 0 Å². The first-order valence-corrected chi connectivity index (χ1v) is 29.7. The highest BCUT2D eigenvalue weighted by Crippen LogP contribution is 2.24. The lowest BCUT2D eigenvalue weighted by atomic mass is 10.0. The van der Waals surface area contributed by atoms with Crippen molar-refractivity contribution < 1.29 is 23.7 Å². The summed E-state index contributed by atoms with van der Waals surface area (Å²) in [6, 6.07) is 14.4. The second kappa shape index (κ2) is 26.4. The molecule has 0 fully saturated rings. The van der Waals surface area contributed by atoms with Crippen molar-refractivity contribution in [2.75, 3.05) is 11.1 Å². The molecule has 0 radical (unpaired) electrons. The van der Waals surface area contributed by atoms with E-state index in [2.05, 4.69) is 67.4 Å². The number of carbonyl (C=O) groups excluding carboxylic acids is 2. The van der Waals surface area contributed by atoms with E-state index >= 15 is 0 Å². The van der Waals surface area contributed by atoms with Gasteiger partial charge in [-0.05, 0) is 136 Å². The number of nitrogen functional groups attached to an aromatic ring is 1. The molecule has 11 rings (SSSR count). The molecule has 1 amide bonds. The highest BCUT2D eigenvalue weighted by molar-refractivity contribution is 8.26. The van der Waals surface area contributed by atoms with Gasteiger partial charge in [0.1, 0.15) is 17.5 Å². The average molecular weight is 1160 g/mol. The van der Waals surface area contributed by atoms with Crippen LogP contribution in [-0.2, 0) is 48.1 Å². The number of carboxylic acids is 1. The second-order valence-corrected chi connectivity index (χ2v) is 24.6. The Labute approximate surface area is 467 Å². The van der Waals surface area contributed by atoms with E-state index in [4.69, 9.17) is 31.6 Å². The van der Waals surface area contributed by atoms with Crippen molar-refractivity contribution in [3.05, 3.63) is 142 Å². The zero-order valence-electron chi connectivity index (χ0n) is 42.9. The number of carbonyl (C=O) groups is 3. The first-order valence-electron chi connectivity index (χ1n) is 24.8. The molecular weight excluding hydrogens is 1110 g/mol. The Morgan fingerprint density at radius 2 is 1.00 bits per heavy atom. The quantitative estimate of drug-likeness (QED) is 0.139. The lowest BCUT2D eigenvalue weighted by molar-refractivity contribution is 0.0696. The molecule has 8 heterocycles. The Morgan fingerprint density at radius 1 is 0.623 bits per heavy atom. The third kappa shape index (κ3) is 15.3. The van der Waals surface area contributed by atoms with Gasteiger partial charge >= 0.3 is 5.97 Å². The van der Waals surface area contributed by atoms with Crippen LogP contribution in [0.25, 0.3) is 32.7 Å². The van der Waals surface area contributed by atoms with Crippen LogP contribution in [0.2, 0.25) is 0 Å². The molecule has 3 aliphatic heterocycles. The van der Waals surface area contributed by atoms with Gasteiger partial charge in [0.2, 0.25) is 9.23 Å². The Hall–Kier alpha value is -6.23. The molecule has 5 aromatic heterocycles. The number of hydrogen-bond acceptors (Lipinski definition) is 15. The molecule has 8 aromatic rings. The fourth-order valence-corrected chi connectivity index (χ4v) is 10.3. The molecule has 3 aromatic carbocycles. The molecule has 0 aliphatic carbocycles. The summed E-state index contributed by atoms with van der Waals surface area (Å²) >= 11 is 8.42. The smallest absolute Gasteiger partial charge is 0.335 e. The Bertz CT molecular complexity index is 3560. The third-order valence-corrected chi connectivity index (χ3v) is 15.2. The molecule has 77 heavy (non-hydrogen) atoms. The minimum atomic E-state index is -1.67. The van der Waals surface area contributed by atoms with E-state index in [1.807, 2.05) is 13.8 Å². The van der Waals surface area contributed by atoms with Crippen molar-refractivity contribution in [3.8, 4) is 0 Å². The maximum atomic E-state index is 12.8. The number of halogens is 3. The molecule has 18 nitrogen and oxygen atoms in total. The third-order valence-electron chi connectivity index (χ3n) is 13.4. The summed E-state index contributed by atoms with van der Waals surface area (Å²) in [5.41, 5.74) is 7.83. The number of aryl methyl sites for hydroxylation is 5. The zero-order chi connectivity index (χ0) is 55.7. The molecule has 24 heteroatoms. The Morgan fingerprint density at radius 3 is 1.35 bits per heavy atom. The fraction of sp³-hybridized carbons (Fsp3) is 0.377. The molecule has 3 aliphatic rings. The summed E-state index contributed by atoms with van der Waals surface area (Å²) in [6.45, 7) is 12.6. The normalized spacial score (nSPS) is 16.7. The summed E-state index contributed by atoms with van der Waals surface area (Å²) in [5, 5.41) is 14.1. The van der Waals surface area contributed by atoms with Gasteiger partial charge in [-0.3, -0.25) is 43.0 Å². The van der Waals surface area contributed by atoms with Crippen LogP contribution in [0.5, 0.6) is 0 Å². The SMILES string of the molecule is CC1CCc2nc3cc(C(=O)Cl)ccc3c(=O)n2CC1.CC1CCc2nc3cc(C(=O)O)ccc3c(=O)n2CC1.Cc1cnc(N)s1.Cc1cnc(NC(=O)c2ccc3c(=O)n4c(nc3c2)CCC(C)CC4)s1.O=S(Cl)Cl. The predicted molar refractivity (Wildman–Crippen MR) is 307 cm³/mol. The number of rotatable bonds is 4. The fourth-order valence-electron chi connectivity index (χ4n) is 9.02. The number of nitrogens with zero attached hydrogens (tertiary/aromatic N) is 8. The number of aromatic nitrogens is 8. The molecule has 3 atom stereocenters. The van der Waals surface area contributed by atoms with E-state index in [1.165, 1.54) is 34.8 Å². The first-order chi connectivity index (χ1) is 36.6. The van der Waals surface area contributed by atoms with Gasteiger partial charge in [0, 0.05) is 93.5 Å². The predicted octanol–water partition coefficient (Wildman–Crippen LogP) is 10.3. The maximum Gasteiger partial charge on any atom is 0.335 e. The molecule has 0 saturated heterocycles. The van der Waals surface area contributed by atoms with Crippen molar-refractivity contribution in [1.82, 2.24) is 38.6 Å². The molecule has 3 unspecified atom stereocenters. The van der Waals surface area contributed by atoms with Crippen molar-refractivity contribution in [3.63, 3.8) is 0 Å². The summed E-state index contributed by atoms with van der Waals surface area (Å²) in [7, 11) is 7.36. The Kier molecular flexibility index (Phi) is 20.1. The van der Waals surface area contributed by atoms with Crippen LogP contribution in [-0.4, -0.2) is 65.1 Å². The van der Waals surface area contributed by atoms with E-state index in [-0.39, 0.29) is 28.1 Å². The number of nitrogens with one attached hydrogen (secondary N) is 1. The summed E-state index contributed by atoms with van der Waals surface area (Å²) < 4.78 is 14.4. The Balaban J connectivity index is 0.000000154. The molecule has 0 spiro atoms. The van der Waals surface area contributed by atoms with Gasteiger partial charge < -0.3 is 10.8 Å². The van der Waals surface area contributed by atoms with E-state index in [0.29, 0.717) is 91.5 Å². The number of anilines is 2. The summed E-state index contributed by atoms with van der Waals surface area (Å²) in [4.78, 5) is 96.5. The monoisotopic (exact) mass is 1160 g/mol. The largest absolute Gasteiger partial charge is 0.478 e. The van der Waals surface area contributed by atoms with E-state index in [1.54, 1.807) is 68.6 Å². The molecular formula is C53H57Cl3N10O8S3. The molecule has 4 N–H and O–H groups in total. The van der Waals surface area contributed by atoms with Crippen LogP contribution in [0.15, 0.2) is 81.4 Å². The van der Waals surface area contributed by atoms with Crippen LogP contribution in [0, 0.1) is 31.6 Å². The van der Waals surface area contributed by atoms with Crippen LogP contribution in [0.4, 0.5) is 10.3 Å². The minimum Gasteiger partial charge on any atom is -0.478 e. The standard InChI is InChI=1S/C19H20N4O2S.C15H15ClN2O2.C15H16N2O3.C4H6N2S.Cl2OS/c1-11-3-6-16-21-15-9-13(17(24)22-19-20-10-12(2)26-19)4-5-14(15)18(25)23(16)8-7-11;1-9-2-5-13-17-12-8-10(14(16)19)3-4-11(12)15(20)18(13)7-6-9;1-9-2-5-13-16-12-8-10(15(19)20)3-4-11(12)14(18)17(13)7-6-9;1-3-2-6-4(5)7-3;1-4(2)3/h4-5,9-11H,3,6-8H2,1-2H3,(H,20,22,24);3-4,8-9H,2,5-7H2,1H3;3-4,8-9H,2,5-7H2,1H3,(H,19,20);2H,1H3,(H2,5,6);. The van der Waals surface area contributed by atoms with Gasteiger partial charge in [-0.15, -0.1) is 22.7 Å². The molecule has 0 saturated carbocycles. The first kappa shape index (κ1) is 58.5. The molecule has 0 bridgehead atoms. The number of benzene rings is 3. The van der Waals surface area contributed by atoms with Gasteiger partial charge in [0.05, 0.1) is 38.3 Å². The van der Waals surface area contributed by atoms with Gasteiger partial charge in [-0.25, -0.2) is 33.9 Å². The minimum absolute atomic E-state index is 0.0124. The van der Waals surface area contributed by atoms with Gasteiger partial charge in [-0.1, -0.05) is 20.8 Å². The number of amides is 1. The summed E-state index contributed by atoms with van der Waals surface area (Å²) in [6.07, 6.45) is 11.9. The maximum absolute atomic E-state index is 12.8. The summed E-state index contributed by atoms with van der Waals surface area (Å²) in [5.74, 6) is 2.92. The number of fused-ring (bicyclic) bond motifs is 6. The van der Waals surface area contributed by atoms with Crippen molar-refractivity contribution in [1.29, 1.82) is 0 Å². The number of aromatic carboxylic acids is 1. The highest BCUT2D eigenvalue weighted by Gasteiger charge is 2.21. The van der Waals surface area contributed by atoms with E-state index < -0.39 is 20.4 Å². The van der Waals surface area contributed by atoms with Gasteiger partial charge in [0.25, 0.3) is 27.8 Å². The lowest BCUT2D eigenvalue weighted by Gasteiger charge is -2.10. The number of hydrogen-bond donors (Lipinski definition) is 3. The van der Waals surface area contributed by atoms with Crippen LogP contribution >= 0.6 is 55.6 Å². The van der Waals surface area contributed by atoms with Gasteiger partial charge in [0.15, 0.2) is 10.3 Å². The van der Waals surface area contributed by atoms with Crippen LogP contribution in [0.1, 0.15) is 118 Å². The van der Waals surface area contributed by atoms with Crippen LogP contribution in [0.3, 0.4) is 0 Å². The number of carboxylic acid groups (broad SMARTS) is 1. The zero-order valence-corrected chi connectivity index (χ0v) is 47.6. The van der Waals surface area contributed by atoms with Crippen molar-refractivity contribution in [2.24, 2.45) is 17.8 Å². The number of nitrogens with two attached hydrogens (primary N) is 1. The van der Waals surface area contributed by atoms with Crippen LogP contribution < -0.4 is 27.7 Å². The molecule has 406 valence electrons. The topological polar surface area (TPSA) is 257 Å². The average Bonchev–Trinajstić information content (AvgIpc) is 3.78. The lowest BCUT2D eigenvalue weighted by Crippen LogP contribution is -2.24. The van der Waals surface area contributed by atoms with Crippen molar-refractivity contribution >= 4 is 125 Å². The van der Waals surface area contributed by atoms with E-state index in [0.717, 1.165) is 85.0 Å². The van der Waals surface area contributed by atoms with Crippen molar-refractivity contribution in [2.45, 2.75) is 112 Å².